The summed E-state index contributed by atoms with van der Waals surface area (Å²) in [6, 6.07) is 9.46. The summed E-state index contributed by atoms with van der Waals surface area (Å²) < 4.78 is 24.4. The number of anilines is 1. The first-order valence-corrected chi connectivity index (χ1v) is 10.2. The number of rotatable bonds is 6. The van der Waals surface area contributed by atoms with Gasteiger partial charge in [0, 0.05) is 18.5 Å². The lowest BCUT2D eigenvalue weighted by atomic mass is 10.1. The molecule has 0 saturated heterocycles. The van der Waals surface area contributed by atoms with Crippen LogP contribution in [0.5, 0.6) is 0 Å². The molecule has 0 aliphatic rings. The minimum absolute atomic E-state index is 0.0524. The average molecular weight is 371 g/mol. The Morgan fingerprint density at radius 1 is 1.08 bits per heavy atom. The number of hydrogen-bond acceptors (Lipinski definition) is 6. The fourth-order valence-electron chi connectivity index (χ4n) is 2.65. The number of aromatic nitrogens is 4. The van der Waals surface area contributed by atoms with Crippen molar-refractivity contribution in [2.45, 2.75) is 26.1 Å². The lowest BCUT2D eigenvalue weighted by molar-refractivity contribution is 0.601. The number of benzene rings is 1. The SMILES string of the molecule is Cc1cc(C)n(-c2cncc(NCc3ccc(CS(C)(=O)=O)cc3)n2)n1. The van der Waals surface area contributed by atoms with E-state index in [-0.39, 0.29) is 5.75 Å². The highest BCUT2D eigenvalue weighted by Crippen LogP contribution is 2.13. The van der Waals surface area contributed by atoms with E-state index in [9.17, 15) is 8.42 Å². The summed E-state index contributed by atoms with van der Waals surface area (Å²) in [6.07, 6.45) is 4.56. The molecule has 0 atom stereocenters. The van der Waals surface area contributed by atoms with Crippen molar-refractivity contribution in [3.63, 3.8) is 0 Å². The molecule has 2 heterocycles. The number of sulfone groups is 1. The summed E-state index contributed by atoms with van der Waals surface area (Å²) in [5.74, 6) is 1.36. The van der Waals surface area contributed by atoms with E-state index in [1.807, 2.05) is 44.2 Å². The summed E-state index contributed by atoms with van der Waals surface area (Å²) in [5.41, 5.74) is 3.73. The molecule has 136 valence electrons. The molecule has 2 aromatic heterocycles. The largest absolute Gasteiger partial charge is 0.365 e. The second kappa shape index (κ2) is 7.25. The molecule has 0 radical (unpaired) electrons. The normalized spacial score (nSPS) is 11.5. The van der Waals surface area contributed by atoms with Crippen molar-refractivity contribution in [1.29, 1.82) is 0 Å². The maximum Gasteiger partial charge on any atom is 0.174 e. The van der Waals surface area contributed by atoms with Crippen LogP contribution in [0.1, 0.15) is 22.5 Å². The Kier molecular flexibility index (Phi) is 5.03. The zero-order valence-corrected chi connectivity index (χ0v) is 15.8. The highest BCUT2D eigenvalue weighted by molar-refractivity contribution is 7.89. The molecular formula is C18H21N5O2S. The Morgan fingerprint density at radius 3 is 2.38 bits per heavy atom. The minimum atomic E-state index is -3.02. The molecule has 0 spiro atoms. The summed E-state index contributed by atoms with van der Waals surface area (Å²) >= 11 is 0. The van der Waals surface area contributed by atoms with E-state index in [1.165, 1.54) is 6.26 Å². The highest BCUT2D eigenvalue weighted by Gasteiger charge is 2.07. The van der Waals surface area contributed by atoms with Gasteiger partial charge in [0.2, 0.25) is 0 Å². The molecule has 3 aromatic rings. The van der Waals surface area contributed by atoms with E-state index in [4.69, 9.17) is 0 Å². The Labute approximate surface area is 153 Å². The standard InChI is InChI=1S/C18H21N5O2S/c1-13-8-14(2)23(22-13)18-11-19-10-17(21-18)20-9-15-4-6-16(7-5-15)12-26(3,24)25/h4-8,10-11H,9,12H2,1-3H3,(H,20,21). The Hall–Kier alpha value is -2.74. The van der Waals surface area contributed by atoms with Crippen molar-refractivity contribution in [1.82, 2.24) is 19.7 Å². The van der Waals surface area contributed by atoms with Crippen molar-refractivity contribution in [3.8, 4) is 5.82 Å². The van der Waals surface area contributed by atoms with E-state index in [0.29, 0.717) is 18.2 Å². The Morgan fingerprint density at radius 2 is 1.77 bits per heavy atom. The van der Waals surface area contributed by atoms with Crippen LogP contribution in [0.25, 0.3) is 5.82 Å². The molecular weight excluding hydrogens is 350 g/mol. The predicted octanol–water partition coefficient (Wildman–Crippen LogP) is 2.44. The van der Waals surface area contributed by atoms with Crippen LogP contribution in [0.15, 0.2) is 42.7 Å². The van der Waals surface area contributed by atoms with Gasteiger partial charge in [-0.15, -0.1) is 0 Å². The molecule has 0 fully saturated rings. The van der Waals surface area contributed by atoms with E-state index in [0.717, 1.165) is 22.5 Å². The molecule has 0 amide bonds. The third kappa shape index (κ3) is 4.66. The fourth-order valence-corrected chi connectivity index (χ4v) is 3.45. The number of nitrogens with zero attached hydrogens (tertiary/aromatic N) is 4. The second-order valence-corrected chi connectivity index (χ2v) is 8.48. The van der Waals surface area contributed by atoms with Gasteiger partial charge in [-0.2, -0.15) is 5.10 Å². The Bertz CT molecular complexity index is 1010. The second-order valence-electron chi connectivity index (χ2n) is 6.34. The third-order valence-corrected chi connectivity index (χ3v) is 4.63. The minimum Gasteiger partial charge on any atom is -0.365 e. The van der Waals surface area contributed by atoms with Crippen molar-refractivity contribution in [2.24, 2.45) is 0 Å². The van der Waals surface area contributed by atoms with Gasteiger partial charge in [0.05, 0.1) is 23.8 Å². The van der Waals surface area contributed by atoms with E-state index < -0.39 is 9.84 Å². The maximum atomic E-state index is 11.3. The summed E-state index contributed by atoms with van der Waals surface area (Å²) in [6.45, 7) is 4.47. The number of aryl methyl sites for hydroxylation is 2. The molecule has 3 rings (SSSR count). The third-order valence-electron chi connectivity index (χ3n) is 3.77. The molecule has 1 aromatic carbocycles. The smallest absolute Gasteiger partial charge is 0.174 e. The number of nitrogens with one attached hydrogen (secondary N) is 1. The molecule has 0 bridgehead atoms. The van der Waals surface area contributed by atoms with E-state index in [2.05, 4.69) is 20.4 Å². The van der Waals surface area contributed by atoms with Gasteiger partial charge in [-0.3, -0.25) is 4.98 Å². The molecule has 0 saturated carbocycles. The van der Waals surface area contributed by atoms with Crippen LogP contribution in [0.2, 0.25) is 0 Å². The van der Waals surface area contributed by atoms with Gasteiger partial charge in [-0.1, -0.05) is 24.3 Å². The maximum absolute atomic E-state index is 11.3. The van der Waals surface area contributed by atoms with Gasteiger partial charge in [0.1, 0.15) is 5.82 Å². The molecule has 7 nitrogen and oxygen atoms in total. The number of hydrogen-bond donors (Lipinski definition) is 1. The van der Waals surface area contributed by atoms with Gasteiger partial charge in [0.25, 0.3) is 0 Å². The molecule has 26 heavy (non-hydrogen) atoms. The van der Waals surface area contributed by atoms with Crippen molar-refractivity contribution < 1.29 is 8.42 Å². The van der Waals surface area contributed by atoms with Crippen LogP contribution < -0.4 is 5.32 Å². The highest BCUT2D eigenvalue weighted by atomic mass is 32.2. The summed E-state index contributed by atoms with van der Waals surface area (Å²) in [4.78, 5) is 8.77. The lowest BCUT2D eigenvalue weighted by Crippen LogP contribution is -2.07. The Balaban J connectivity index is 1.68. The van der Waals surface area contributed by atoms with Crippen LogP contribution in [0.4, 0.5) is 5.82 Å². The van der Waals surface area contributed by atoms with Crippen LogP contribution in [0.3, 0.4) is 0 Å². The van der Waals surface area contributed by atoms with Gasteiger partial charge < -0.3 is 5.32 Å². The summed E-state index contributed by atoms with van der Waals surface area (Å²) in [5, 5.41) is 7.65. The molecule has 0 aliphatic heterocycles. The van der Waals surface area contributed by atoms with Crippen molar-refractivity contribution in [3.05, 3.63) is 65.2 Å². The molecule has 0 aliphatic carbocycles. The first kappa shape index (κ1) is 18.1. The fraction of sp³-hybridized carbons (Fsp3) is 0.278. The van der Waals surface area contributed by atoms with Crippen LogP contribution in [-0.4, -0.2) is 34.4 Å². The molecule has 8 heteroatoms. The van der Waals surface area contributed by atoms with Crippen LogP contribution in [-0.2, 0) is 22.1 Å². The van der Waals surface area contributed by atoms with Crippen LogP contribution >= 0.6 is 0 Å². The molecule has 0 unspecified atom stereocenters. The average Bonchev–Trinajstić information content (AvgIpc) is 2.91. The van der Waals surface area contributed by atoms with Crippen LogP contribution in [0, 0.1) is 13.8 Å². The quantitative estimate of drug-likeness (QED) is 0.716. The zero-order valence-electron chi connectivity index (χ0n) is 15.0. The van der Waals surface area contributed by atoms with Gasteiger partial charge in [-0.25, -0.2) is 18.1 Å². The van der Waals surface area contributed by atoms with Gasteiger partial charge >= 0.3 is 0 Å². The zero-order chi connectivity index (χ0) is 18.7. The van der Waals surface area contributed by atoms with Gasteiger partial charge in [-0.05, 0) is 31.0 Å². The first-order valence-electron chi connectivity index (χ1n) is 8.15. The van der Waals surface area contributed by atoms with E-state index in [1.54, 1.807) is 17.1 Å². The van der Waals surface area contributed by atoms with Crippen molar-refractivity contribution in [2.75, 3.05) is 11.6 Å². The monoisotopic (exact) mass is 371 g/mol. The topological polar surface area (TPSA) is 89.8 Å². The van der Waals surface area contributed by atoms with Gasteiger partial charge in [0.15, 0.2) is 15.7 Å². The first-order chi connectivity index (χ1) is 12.3. The summed E-state index contributed by atoms with van der Waals surface area (Å²) in [7, 11) is -3.02. The molecule has 1 N–H and O–H groups in total. The van der Waals surface area contributed by atoms with E-state index >= 15 is 0 Å². The lowest BCUT2D eigenvalue weighted by Gasteiger charge is -2.09. The van der Waals surface area contributed by atoms with Crippen molar-refractivity contribution >= 4 is 15.7 Å². The predicted molar refractivity (Wildman–Crippen MR) is 101 cm³/mol.